The topological polar surface area (TPSA) is 21.3 Å². The summed E-state index contributed by atoms with van der Waals surface area (Å²) < 4.78 is 9.06. The zero-order valence-electron chi connectivity index (χ0n) is 30.9. The van der Waals surface area contributed by atoms with Crippen LogP contribution in [0.1, 0.15) is 0 Å². The number of fused-ring (bicyclic) bond motifs is 10. The van der Waals surface area contributed by atoms with Crippen LogP contribution in [0.4, 0.5) is 17.1 Å². The average molecular weight is 727 g/mol. The van der Waals surface area contributed by atoms with E-state index >= 15 is 0 Å². The van der Waals surface area contributed by atoms with Crippen molar-refractivity contribution in [2.24, 2.45) is 0 Å². The molecule has 0 unspecified atom stereocenters. The highest BCUT2D eigenvalue weighted by molar-refractivity contribution is 6.18. The first-order valence-corrected chi connectivity index (χ1v) is 19.5. The van der Waals surface area contributed by atoms with Crippen LogP contribution < -0.4 is 4.90 Å². The van der Waals surface area contributed by atoms with E-state index in [0.29, 0.717) is 0 Å². The fraction of sp³-hybridized carbons (Fsp3) is 0. The van der Waals surface area contributed by atoms with Crippen LogP contribution in [0.25, 0.3) is 92.9 Å². The van der Waals surface area contributed by atoms with E-state index in [0.717, 1.165) is 55.8 Å². The average Bonchev–Trinajstić information content (AvgIpc) is 3.83. The van der Waals surface area contributed by atoms with Crippen molar-refractivity contribution in [2.75, 3.05) is 4.90 Å². The zero-order chi connectivity index (χ0) is 37.5. The van der Waals surface area contributed by atoms with Crippen LogP contribution in [0.2, 0.25) is 0 Å². The molecule has 0 aliphatic carbocycles. The molecule has 57 heavy (non-hydrogen) atoms. The van der Waals surface area contributed by atoms with Gasteiger partial charge in [-0.05, 0) is 98.7 Å². The summed E-state index contributed by atoms with van der Waals surface area (Å²) in [4.78, 5) is 2.45. The molecule has 3 nitrogen and oxygen atoms in total. The van der Waals surface area contributed by atoms with E-state index in [1.54, 1.807) is 0 Å². The molecule has 0 radical (unpaired) electrons. The molecule has 0 amide bonds. The van der Waals surface area contributed by atoms with Crippen LogP contribution in [-0.2, 0) is 0 Å². The summed E-state index contributed by atoms with van der Waals surface area (Å²) in [7, 11) is 0. The molecule has 0 atom stereocenters. The van der Waals surface area contributed by atoms with Gasteiger partial charge >= 0.3 is 0 Å². The predicted molar refractivity (Wildman–Crippen MR) is 241 cm³/mol. The Bertz CT molecular complexity index is 3530. The van der Waals surface area contributed by atoms with Gasteiger partial charge in [0.05, 0.1) is 22.4 Å². The second-order valence-corrected chi connectivity index (χ2v) is 14.9. The molecule has 0 aliphatic rings. The number of para-hydroxylation sites is 3. The van der Waals surface area contributed by atoms with Crippen molar-refractivity contribution < 1.29 is 4.42 Å². The van der Waals surface area contributed by atoms with Crippen LogP contribution in [0.3, 0.4) is 0 Å². The molecule has 0 N–H and O–H groups in total. The SMILES string of the molecule is c1ccc(-n2c3ccccc3c3cccc(N(c4ccc5oc6cccc(-c7ccc8c(ccc9ccccc98)c7)c6c5c4)c4cccc5ccccc45)c32)cc1. The number of nitrogens with zero attached hydrogens (tertiary/aromatic N) is 2. The molecule has 10 aromatic carbocycles. The van der Waals surface area contributed by atoms with Crippen molar-refractivity contribution in [3.63, 3.8) is 0 Å². The first-order valence-electron chi connectivity index (χ1n) is 19.5. The lowest BCUT2D eigenvalue weighted by Gasteiger charge is -2.28. The number of anilines is 3. The summed E-state index contributed by atoms with van der Waals surface area (Å²) >= 11 is 0. The fourth-order valence-corrected chi connectivity index (χ4v) is 9.21. The Labute approximate surface area is 328 Å². The Kier molecular flexibility index (Phi) is 6.93. The van der Waals surface area contributed by atoms with Gasteiger partial charge in [-0.3, -0.25) is 0 Å². The first kappa shape index (κ1) is 31.7. The molecule has 3 heteroatoms. The Balaban J connectivity index is 1.14. The van der Waals surface area contributed by atoms with Crippen molar-refractivity contribution in [2.45, 2.75) is 0 Å². The second kappa shape index (κ2) is 12.5. The third-order valence-electron chi connectivity index (χ3n) is 11.7. The van der Waals surface area contributed by atoms with Gasteiger partial charge in [0, 0.05) is 38.3 Å². The maximum Gasteiger partial charge on any atom is 0.136 e. The Morgan fingerprint density at radius 1 is 0.386 bits per heavy atom. The number of benzene rings is 10. The second-order valence-electron chi connectivity index (χ2n) is 14.9. The summed E-state index contributed by atoms with van der Waals surface area (Å²) in [6, 6.07) is 74.5. The highest BCUT2D eigenvalue weighted by atomic mass is 16.3. The molecular formula is C54H34N2O. The molecule has 266 valence electrons. The number of hydrogen-bond donors (Lipinski definition) is 0. The van der Waals surface area contributed by atoms with Gasteiger partial charge in [-0.15, -0.1) is 0 Å². The smallest absolute Gasteiger partial charge is 0.136 e. The molecule has 0 spiro atoms. The van der Waals surface area contributed by atoms with Gasteiger partial charge in [-0.2, -0.15) is 0 Å². The normalized spacial score (nSPS) is 11.9. The van der Waals surface area contributed by atoms with Crippen molar-refractivity contribution in [3.8, 4) is 16.8 Å². The molecule has 0 fully saturated rings. The van der Waals surface area contributed by atoms with E-state index in [1.807, 2.05) is 0 Å². The van der Waals surface area contributed by atoms with Crippen molar-refractivity contribution in [3.05, 3.63) is 206 Å². The van der Waals surface area contributed by atoms with Crippen LogP contribution in [0.5, 0.6) is 0 Å². The van der Waals surface area contributed by atoms with E-state index in [9.17, 15) is 0 Å². The van der Waals surface area contributed by atoms with Crippen LogP contribution in [0.15, 0.2) is 211 Å². The molecule has 12 aromatic rings. The molecule has 12 rings (SSSR count). The quantitative estimate of drug-likeness (QED) is 0.165. The van der Waals surface area contributed by atoms with E-state index in [2.05, 4.69) is 216 Å². The van der Waals surface area contributed by atoms with E-state index < -0.39 is 0 Å². The fourth-order valence-electron chi connectivity index (χ4n) is 9.21. The first-order chi connectivity index (χ1) is 28.3. The molecule has 2 aromatic heterocycles. The maximum atomic E-state index is 6.64. The third-order valence-corrected chi connectivity index (χ3v) is 11.7. The highest BCUT2D eigenvalue weighted by Gasteiger charge is 2.24. The monoisotopic (exact) mass is 726 g/mol. The summed E-state index contributed by atoms with van der Waals surface area (Å²) in [6.45, 7) is 0. The van der Waals surface area contributed by atoms with Crippen molar-refractivity contribution in [1.29, 1.82) is 0 Å². The van der Waals surface area contributed by atoms with Crippen molar-refractivity contribution >= 4 is 93.1 Å². The number of hydrogen-bond acceptors (Lipinski definition) is 2. The molecule has 0 aliphatic heterocycles. The molecule has 0 bridgehead atoms. The molecule has 2 heterocycles. The predicted octanol–water partition coefficient (Wildman–Crippen LogP) is 15.3. The van der Waals surface area contributed by atoms with Gasteiger partial charge in [0.2, 0.25) is 0 Å². The van der Waals surface area contributed by atoms with Gasteiger partial charge in [-0.1, -0.05) is 146 Å². The lowest BCUT2D eigenvalue weighted by atomic mass is 9.95. The van der Waals surface area contributed by atoms with Crippen LogP contribution in [0, 0.1) is 0 Å². The summed E-state index contributed by atoms with van der Waals surface area (Å²) in [6.07, 6.45) is 0. The Morgan fingerprint density at radius 3 is 1.95 bits per heavy atom. The highest BCUT2D eigenvalue weighted by Crippen LogP contribution is 2.47. The number of aromatic nitrogens is 1. The minimum atomic E-state index is 0.863. The zero-order valence-corrected chi connectivity index (χ0v) is 30.9. The van der Waals surface area contributed by atoms with Gasteiger partial charge in [0.15, 0.2) is 0 Å². The van der Waals surface area contributed by atoms with Gasteiger partial charge in [0.1, 0.15) is 11.2 Å². The van der Waals surface area contributed by atoms with Crippen LogP contribution >= 0.6 is 0 Å². The lowest BCUT2D eigenvalue weighted by Crippen LogP contribution is -2.12. The molecule has 0 saturated carbocycles. The van der Waals surface area contributed by atoms with E-state index in [1.165, 1.54) is 54.2 Å². The lowest BCUT2D eigenvalue weighted by molar-refractivity contribution is 0.669. The van der Waals surface area contributed by atoms with Gasteiger partial charge in [-0.25, -0.2) is 0 Å². The van der Waals surface area contributed by atoms with Gasteiger partial charge in [0.25, 0.3) is 0 Å². The molecule has 0 saturated heterocycles. The van der Waals surface area contributed by atoms with E-state index in [4.69, 9.17) is 4.42 Å². The Morgan fingerprint density at radius 2 is 1.05 bits per heavy atom. The standard InChI is InChI=1S/C54H34N2O/c1-2-16-39(17-3-1)56-49-23-9-8-20-45(49)46-22-11-25-50(54(46)56)55(48-24-10-15-35-13-5-7-19-43(35)48)40-30-32-51-47(34-40)53-44(21-12-26-52(53)57-51)38-29-31-42-37(33-38)28-27-36-14-4-6-18-41(36)42/h1-34H. The summed E-state index contributed by atoms with van der Waals surface area (Å²) in [5.41, 5.74) is 10.8. The largest absolute Gasteiger partial charge is 0.456 e. The van der Waals surface area contributed by atoms with Gasteiger partial charge < -0.3 is 13.9 Å². The van der Waals surface area contributed by atoms with Crippen molar-refractivity contribution in [1.82, 2.24) is 4.57 Å². The summed E-state index contributed by atoms with van der Waals surface area (Å²) in [5.74, 6) is 0. The summed E-state index contributed by atoms with van der Waals surface area (Å²) in [5, 5.41) is 12.0. The minimum Gasteiger partial charge on any atom is -0.456 e. The molecular weight excluding hydrogens is 693 g/mol. The maximum absolute atomic E-state index is 6.64. The Hall–Kier alpha value is -7.62. The third kappa shape index (κ3) is 4.86. The minimum absolute atomic E-state index is 0.863. The number of rotatable bonds is 5. The van der Waals surface area contributed by atoms with E-state index in [-0.39, 0.29) is 0 Å². The van der Waals surface area contributed by atoms with Crippen LogP contribution in [-0.4, -0.2) is 4.57 Å². The number of furan rings is 1.